The van der Waals surface area contributed by atoms with Crippen molar-refractivity contribution in [3.05, 3.63) is 0 Å². The Kier molecular flexibility index (Phi) is 8.07. The fourth-order valence-electron chi connectivity index (χ4n) is 2.62. The van der Waals surface area contributed by atoms with Crippen LogP contribution < -0.4 is 10.6 Å². The van der Waals surface area contributed by atoms with Crippen molar-refractivity contribution >= 4 is 5.91 Å². The van der Waals surface area contributed by atoms with Gasteiger partial charge in [0.2, 0.25) is 5.91 Å². The number of halogens is 3. The fraction of sp³-hybridized carbons (Fsp3) is 0.933. The Morgan fingerprint density at radius 2 is 1.81 bits per heavy atom. The smallest absolute Gasteiger partial charge is 0.352 e. The topological polar surface area (TPSA) is 41.1 Å². The molecule has 0 bridgehead atoms. The number of unbranched alkanes of at least 4 members (excludes halogenated alkanes) is 5. The maximum absolute atomic E-state index is 12.5. The standard InChI is InChI=1S/C15H27F3N2O/c1-2-3-4-5-6-7-8-14(21)20-12-9-10-13(19-11-12)15(16,17)18/h12-13,19H,2-11H2,1H3,(H,20,21). The van der Waals surface area contributed by atoms with Crippen molar-refractivity contribution in [1.29, 1.82) is 0 Å². The number of rotatable bonds is 8. The molecule has 1 aliphatic heterocycles. The first kappa shape index (κ1) is 18.3. The molecular weight excluding hydrogens is 281 g/mol. The lowest BCUT2D eigenvalue weighted by atomic mass is 10.00. The largest absolute Gasteiger partial charge is 0.403 e. The zero-order chi connectivity index (χ0) is 15.7. The second-order valence-corrected chi connectivity index (χ2v) is 5.86. The number of amides is 1. The molecule has 0 aromatic rings. The van der Waals surface area contributed by atoms with Gasteiger partial charge >= 0.3 is 6.18 Å². The number of carbonyl (C=O) groups is 1. The quantitative estimate of drug-likeness (QED) is 0.673. The minimum absolute atomic E-state index is 0.0332. The second kappa shape index (κ2) is 9.28. The minimum Gasteiger partial charge on any atom is -0.352 e. The van der Waals surface area contributed by atoms with Crippen molar-refractivity contribution in [2.75, 3.05) is 6.54 Å². The summed E-state index contributed by atoms with van der Waals surface area (Å²) in [5, 5.41) is 5.29. The average molecular weight is 308 g/mol. The van der Waals surface area contributed by atoms with Crippen molar-refractivity contribution in [1.82, 2.24) is 10.6 Å². The zero-order valence-corrected chi connectivity index (χ0v) is 12.8. The molecule has 2 N–H and O–H groups in total. The van der Waals surface area contributed by atoms with E-state index in [2.05, 4.69) is 17.6 Å². The summed E-state index contributed by atoms with van der Waals surface area (Å²) in [5.41, 5.74) is 0. The summed E-state index contributed by atoms with van der Waals surface area (Å²) < 4.78 is 37.4. The first-order chi connectivity index (χ1) is 9.93. The molecule has 21 heavy (non-hydrogen) atoms. The lowest BCUT2D eigenvalue weighted by Gasteiger charge is -2.31. The maximum Gasteiger partial charge on any atom is 0.403 e. The molecule has 0 aromatic heterocycles. The summed E-state index contributed by atoms with van der Waals surface area (Å²) in [6.45, 7) is 2.36. The average Bonchev–Trinajstić information content (AvgIpc) is 2.42. The van der Waals surface area contributed by atoms with Crippen molar-refractivity contribution < 1.29 is 18.0 Å². The molecule has 2 atom stereocenters. The van der Waals surface area contributed by atoms with E-state index in [0.29, 0.717) is 12.8 Å². The first-order valence-electron chi connectivity index (χ1n) is 8.03. The number of alkyl halides is 3. The van der Waals surface area contributed by atoms with Gasteiger partial charge in [0.1, 0.15) is 6.04 Å². The summed E-state index contributed by atoms with van der Waals surface area (Å²) >= 11 is 0. The Hall–Kier alpha value is -0.780. The van der Waals surface area contributed by atoms with E-state index in [1.54, 1.807) is 0 Å². The number of nitrogens with one attached hydrogen (secondary N) is 2. The summed E-state index contributed by atoms with van der Waals surface area (Å²) in [4.78, 5) is 11.7. The Bertz CT molecular complexity index is 300. The van der Waals surface area contributed by atoms with Gasteiger partial charge < -0.3 is 10.6 Å². The van der Waals surface area contributed by atoms with Crippen LogP contribution in [0.15, 0.2) is 0 Å². The summed E-state index contributed by atoms with van der Waals surface area (Å²) in [6, 6.07) is -1.60. The number of carbonyl (C=O) groups excluding carboxylic acids is 1. The predicted octanol–water partition coefficient (Wildman–Crippen LogP) is 3.54. The molecule has 0 aliphatic carbocycles. The van der Waals surface area contributed by atoms with Crippen LogP contribution in [-0.2, 0) is 4.79 Å². The SMILES string of the molecule is CCCCCCCCC(=O)NC1CCC(C(F)(F)F)NC1. The van der Waals surface area contributed by atoms with Crippen LogP contribution in [0.3, 0.4) is 0 Å². The summed E-state index contributed by atoms with van der Waals surface area (Å²) in [6.07, 6.45) is 3.42. The van der Waals surface area contributed by atoms with E-state index >= 15 is 0 Å². The van der Waals surface area contributed by atoms with Crippen LogP contribution in [0.5, 0.6) is 0 Å². The Morgan fingerprint density at radius 1 is 1.14 bits per heavy atom. The van der Waals surface area contributed by atoms with Gasteiger partial charge in [0.05, 0.1) is 0 Å². The third-order valence-corrected chi connectivity index (χ3v) is 3.93. The lowest BCUT2D eigenvalue weighted by Crippen LogP contribution is -2.54. The van der Waals surface area contributed by atoms with Gasteiger partial charge in [-0.25, -0.2) is 0 Å². The van der Waals surface area contributed by atoms with E-state index in [0.717, 1.165) is 19.3 Å². The molecule has 1 aliphatic rings. The zero-order valence-electron chi connectivity index (χ0n) is 12.8. The van der Waals surface area contributed by atoms with Crippen LogP contribution in [-0.4, -0.2) is 30.7 Å². The van der Waals surface area contributed by atoms with Crippen LogP contribution in [0.1, 0.15) is 64.7 Å². The molecule has 6 heteroatoms. The van der Waals surface area contributed by atoms with Crippen LogP contribution >= 0.6 is 0 Å². The fourth-order valence-corrected chi connectivity index (χ4v) is 2.62. The number of hydrogen-bond acceptors (Lipinski definition) is 2. The molecule has 0 aromatic carbocycles. The monoisotopic (exact) mass is 308 g/mol. The second-order valence-electron chi connectivity index (χ2n) is 5.86. The molecule has 1 rings (SSSR count). The van der Waals surface area contributed by atoms with Crippen molar-refractivity contribution in [3.8, 4) is 0 Å². The Morgan fingerprint density at radius 3 is 2.38 bits per heavy atom. The molecular formula is C15H27F3N2O. The summed E-state index contributed by atoms with van der Waals surface area (Å²) in [5.74, 6) is -0.0391. The van der Waals surface area contributed by atoms with Gasteiger partial charge in [0.25, 0.3) is 0 Å². The van der Waals surface area contributed by atoms with E-state index in [-0.39, 0.29) is 24.9 Å². The molecule has 1 saturated heterocycles. The van der Waals surface area contributed by atoms with E-state index in [9.17, 15) is 18.0 Å². The molecule has 1 amide bonds. The third kappa shape index (κ3) is 7.69. The van der Waals surface area contributed by atoms with Gasteiger partial charge in [-0.05, 0) is 19.3 Å². The van der Waals surface area contributed by atoms with Gasteiger partial charge in [0, 0.05) is 19.0 Å². The highest BCUT2D eigenvalue weighted by atomic mass is 19.4. The van der Waals surface area contributed by atoms with Crippen molar-refractivity contribution in [2.45, 2.75) is 83.0 Å². The van der Waals surface area contributed by atoms with Gasteiger partial charge in [-0.1, -0.05) is 39.0 Å². The molecule has 1 fully saturated rings. The van der Waals surface area contributed by atoms with E-state index in [1.165, 1.54) is 19.3 Å². The van der Waals surface area contributed by atoms with Gasteiger partial charge in [-0.15, -0.1) is 0 Å². The number of hydrogen-bond donors (Lipinski definition) is 2. The third-order valence-electron chi connectivity index (χ3n) is 3.93. The normalized spacial score (nSPS) is 23.0. The highest BCUT2D eigenvalue weighted by Crippen LogP contribution is 2.26. The highest BCUT2D eigenvalue weighted by Gasteiger charge is 2.41. The molecule has 1 heterocycles. The highest BCUT2D eigenvalue weighted by molar-refractivity contribution is 5.76. The van der Waals surface area contributed by atoms with Crippen LogP contribution in [0, 0.1) is 0 Å². The van der Waals surface area contributed by atoms with Gasteiger partial charge in [-0.2, -0.15) is 13.2 Å². The molecule has 0 radical (unpaired) electrons. The van der Waals surface area contributed by atoms with Gasteiger partial charge in [0.15, 0.2) is 0 Å². The lowest BCUT2D eigenvalue weighted by molar-refractivity contribution is -0.161. The molecule has 3 nitrogen and oxygen atoms in total. The molecule has 2 unspecified atom stereocenters. The Labute approximate surface area is 125 Å². The maximum atomic E-state index is 12.5. The molecule has 124 valence electrons. The molecule has 0 spiro atoms. The van der Waals surface area contributed by atoms with E-state index in [4.69, 9.17) is 0 Å². The number of piperidine rings is 1. The van der Waals surface area contributed by atoms with Gasteiger partial charge in [-0.3, -0.25) is 4.79 Å². The van der Waals surface area contributed by atoms with E-state index < -0.39 is 12.2 Å². The minimum atomic E-state index is -4.19. The van der Waals surface area contributed by atoms with E-state index in [1.807, 2.05) is 0 Å². The first-order valence-corrected chi connectivity index (χ1v) is 8.03. The van der Waals surface area contributed by atoms with Crippen LogP contribution in [0.25, 0.3) is 0 Å². The van der Waals surface area contributed by atoms with Crippen LogP contribution in [0.2, 0.25) is 0 Å². The summed E-state index contributed by atoms with van der Waals surface area (Å²) in [7, 11) is 0. The van der Waals surface area contributed by atoms with Crippen molar-refractivity contribution in [3.63, 3.8) is 0 Å². The van der Waals surface area contributed by atoms with Crippen molar-refractivity contribution in [2.24, 2.45) is 0 Å². The molecule has 0 saturated carbocycles. The predicted molar refractivity (Wildman–Crippen MR) is 77.0 cm³/mol. The Balaban J connectivity index is 2.08. The van der Waals surface area contributed by atoms with Crippen LogP contribution in [0.4, 0.5) is 13.2 Å².